The number of aliphatic carboxylic acids is 1. The van der Waals surface area contributed by atoms with Crippen molar-refractivity contribution in [2.75, 3.05) is 39.1 Å². The number of halogens is 1. The van der Waals surface area contributed by atoms with Crippen molar-refractivity contribution in [3.05, 3.63) is 105 Å². The number of likely N-dealkylation sites (N-methyl/N-ethyl adjacent to an activating group) is 1. The number of piperidine rings is 1. The van der Waals surface area contributed by atoms with Crippen LogP contribution in [0.3, 0.4) is 0 Å². The lowest BCUT2D eigenvalue weighted by Crippen LogP contribution is -2.59. The molecule has 89 heavy (non-hydrogen) atoms. The van der Waals surface area contributed by atoms with Gasteiger partial charge in [-0.3, -0.25) is 33.7 Å². The van der Waals surface area contributed by atoms with Gasteiger partial charge < -0.3 is 51.4 Å². The van der Waals surface area contributed by atoms with Crippen LogP contribution in [0.25, 0.3) is 11.1 Å². The standard InChI is InChI=1S/C67H94FN9O11S/c1-13-15-16-22-32-77(63(82)57(41(7)14-2)74-60(80)53-28-21-23-31-76(53)12)54(39(3)4)35-55(88-65(85)69-11)62-73-52(38-89-62)59(79)71-44(36-67(9,10)64(83)84)33-43-29-30-51(50(68)34-43)72-58(78)42(8)70-61(81)56(40(5)6)75-66(86)87-37-49-47-26-19-17-24-45(47)46-25-18-20-27-48(46)49/h17-20,24-27,29-30,34,38-42,44,49,53-57H,13-16,21-23,28,31-33,35-37H2,1-12H3,(H,69,85)(H,70,81)(H,71,79)(H,72,78)(H,74,80)(H,75,86)(H,83,84)/t41-,42-,44-,53+,54+,55+,56-,57-/m0/s1. The third kappa shape index (κ3) is 19.0. The van der Waals surface area contributed by atoms with E-state index < -0.39 is 89.3 Å². The number of carboxylic acid groups (broad SMARTS) is 1. The van der Waals surface area contributed by atoms with Crippen molar-refractivity contribution in [3.63, 3.8) is 0 Å². The maximum atomic E-state index is 16.0. The summed E-state index contributed by atoms with van der Waals surface area (Å²) in [6.45, 7) is 19.2. The van der Waals surface area contributed by atoms with Crippen molar-refractivity contribution in [2.24, 2.45) is 23.2 Å². The summed E-state index contributed by atoms with van der Waals surface area (Å²) in [5.41, 5.74) is 2.93. The first kappa shape index (κ1) is 70.6. The van der Waals surface area contributed by atoms with E-state index in [1.807, 2.05) is 93.1 Å². The van der Waals surface area contributed by atoms with Gasteiger partial charge in [0.05, 0.1) is 17.1 Å². The molecule has 0 saturated carbocycles. The zero-order chi connectivity index (χ0) is 65.3. The summed E-state index contributed by atoms with van der Waals surface area (Å²) in [4.78, 5) is 118. The number of thiazole rings is 1. The summed E-state index contributed by atoms with van der Waals surface area (Å²) in [6, 6.07) is 15.0. The third-order valence-corrected chi connectivity index (χ3v) is 18.2. The minimum atomic E-state index is -1.36. The van der Waals surface area contributed by atoms with Gasteiger partial charge in [0.1, 0.15) is 41.3 Å². The van der Waals surface area contributed by atoms with Gasteiger partial charge in [-0.25, -0.2) is 19.0 Å². The van der Waals surface area contributed by atoms with Gasteiger partial charge in [0.25, 0.3) is 5.91 Å². The van der Waals surface area contributed by atoms with Gasteiger partial charge in [-0.15, -0.1) is 11.3 Å². The monoisotopic (exact) mass is 1250 g/mol. The highest BCUT2D eigenvalue weighted by molar-refractivity contribution is 7.09. The van der Waals surface area contributed by atoms with Crippen LogP contribution in [0.1, 0.15) is 178 Å². The third-order valence-electron chi connectivity index (χ3n) is 17.3. The minimum Gasteiger partial charge on any atom is -0.481 e. The molecule has 1 fully saturated rings. The van der Waals surface area contributed by atoms with Gasteiger partial charge in [-0.1, -0.05) is 135 Å². The smallest absolute Gasteiger partial charge is 0.407 e. The second kappa shape index (κ2) is 32.9. The maximum Gasteiger partial charge on any atom is 0.407 e. The van der Waals surface area contributed by atoms with E-state index in [1.165, 1.54) is 45.3 Å². The second-order valence-electron chi connectivity index (χ2n) is 25.2. The molecule has 1 aliphatic heterocycles. The number of benzene rings is 3. The lowest BCUT2D eigenvalue weighted by molar-refractivity contribution is -0.147. The van der Waals surface area contributed by atoms with E-state index in [0.29, 0.717) is 31.4 Å². The van der Waals surface area contributed by atoms with Gasteiger partial charge in [0, 0.05) is 43.4 Å². The molecular weight excluding hydrogens is 1160 g/mol. The predicted molar refractivity (Wildman–Crippen MR) is 342 cm³/mol. The number of nitrogens with one attached hydrogen (secondary N) is 6. The number of aromatic nitrogens is 1. The number of anilines is 1. The number of fused-ring (bicyclic) bond motifs is 3. The average Bonchev–Trinajstić information content (AvgIpc) is 1.68. The van der Waals surface area contributed by atoms with Gasteiger partial charge in [0.2, 0.25) is 23.6 Å². The molecule has 7 amide bonds. The molecule has 0 bridgehead atoms. The number of amides is 7. The first-order valence-corrected chi connectivity index (χ1v) is 32.4. The molecule has 0 radical (unpaired) electrons. The molecule has 1 aliphatic carbocycles. The number of hydrogen-bond acceptors (Lipinski definition) is 13. The SMILES string of the molecule is CCCCCCN(C(=O)[C@@H](NC(=O)[C@H]1CCCCN1C)[C@@H](C)CC)[C@H](C[C@@H](OC(=O)NC)c1nc(C(=O)N[C@@H](Cc2ccc(NC(=O)[C@H](C)NC(=O)[C@@H](NC(=O)OCC3c4ccccc4-c4ccccc43)C(C)C)c(F)c2)CC(C)(C)C(=O)O)cs1)C(C)C. The average molecular weight is 1250 g/mol. The topological polar surface area (TPSA) is 267 Å². The molecule has 8 atom stereocenters. The molecule has 20 nitrogen and oxygen atoms in total. The molecule has 3 aromatic carbocycles. The largest absolute Gasteiger partial charge is 0.481 e. The highest BCUT2D eigenvalue weighted by Gasteiger charge is 2.40. The highest BCUT2D eigenvalue weighted by atomic mass is 32.1. The molecular formula is C67H94FN9O11S. The van der Waals surface area contributed by atoms with E-state index in [2.05, 4.69) is 43.8 Å². The Balaban J connectivity index is 1.13. The summed E-state index contributed by atoms with van der Waals surface area (Å²) in [6.07, 6.45) is 4.17. The van der Waals surface area contributed by atoms with Crippen molar-refractivity contribution in [1.29, 1.82) is 0 Å². The Morgan fingerprint density at radius 1 is 0.820 bits per heavy atom. The van der Waals surface area contributed by atoms with Crippen molar-refractivity contribution in [1.82, 2.24) is 41.4 Å². The summed E-state index contributed by atoms with van der Waals surface area (Å²) in [5.74, 6) is -5.41. The minimum absolute atomic E-state index is 0.0339. The summed E-state index contributed by atoms with van der Waals surface area (Å²) >= 11 is 1.08. The Labute approximate surface area is 528 Å². The molecule has 4 aromatic rings. The molecule has 0 spiro atoms. The van der Waals surface area contributed by atoms with E-state index in [4.69, 9.17) is 9.47 Å². The highest BCUT2D eigenvalue weighted by Crippen LogP contribution is 2.44. The van der Waals surface area contributed by atoms with Crippen LogP contribution in [-0.4, -0.2) is 138 Å². The van der Waals surface area contributed by atoms with E-state index >= 15 is 9.18 Å². The van der Waals surface area contributed by atoms with Gasteiger partial charge in [0.15, 0.2) is 6.10 Å². The lowest BCUT2D eigenvalue weighted by atomic mass is 9.84. The number of alkyl carbamates (subject to hydrolysis) is 2. The van der Waals surface area contributed by atoms with Crippen LogP contribution in [0.4, 0.5) is 19.7 Å². The maximum absolute atomic E-state index is 16.0. The van der Waals surface area contributed by atoms with Crippen molar-refractivity contribution < 1.29 is 57.3 Å². The fourth-order valence-electron chi connectivity index (χ4n) is 11.7. The number of likely N-dealkylation sites (tertiary alicyclic amines) is 1. The Hall–Kier alpha value is -7.46. The first-order chi connectivity index (χ1) is 42.3. The van der Waals surface area contributed by atoms with Crippen LogP contribution in [0.2, 0.25) is 0 Å². The zero-order valence-corrected chi connectivity index (χ0v) is 54.7. The number of nitrogens with zero attached hydrogens (tertiary/aromatic N) is 3. The second-order valence-corrected chi connectivity index (χ2v) is 26.1. The lowest BCUT2D eigenvalue weighted by Gasteiger charge is -2.40. The Morgan fingerprint density at radius 2 is 1.49 bits per heavy atom. The number of carboxylic acids is 1. The van der Waals surface area contributed by atoms with E-state index in [-0.39, 0.29) is 77.9 Å². The molecule has 2 heterocycles. The molecule has 486 valence electrons. The number of ether oxygens (including phenoxy) is 2. The predicted octanol–water partition coefficient (Wildman–Crippen LogP) is 10.4. The molecule has 2 aliphatic rings. The summed E-state index contributed by atoms with van der Waals surface area (Å²) in [5, 5.41) is 28.3. The van der Waals surface area contributed by atoms with Gasteiger partial charge in [-0.05, 0) is 124 Å². The number of unbranched alkanes of at least 4 members (excludes halogenated alkanes) is 3. The van der Waals surface area contributed by atoms with Crippen molar-refractivity contribution in [3.8, 4) is 11.1 Å². The van der Waals surface area contributed by atoms with Crippen LogP contribution in [-0.2, 0) is 39.9 Å². The van der Waals surface area contributed by atoms with E-state index in [0.717, 1.165) is 78.3 Å². The Morgan fingerprint density at radius 3 is 2.09 bits per heavy atom. The first-order valence-electron chi connectivity index (χ1n) is 31.5. The van der Waals surface area contributed by atoms with Gasteiger partial charge >= 0.3 is 18.2 Å². The Bertz CT molecular complexity index is 3050. The summed E-state index contributed by atoms with van der Waals surface area (Å²) in [7, 11) is 3.35. The number of hydrogen-bond donors (Lipinski definition) is 7. The number of carbonyl (C=O) groups is 8. The Kier molecular flexibility index (Phi) is 26.1. The van der Waals surface area contributed by atoms with E-state index in [9.17, 15) is 38.7 Å². The van der Waals surface area contributed by atoms with Crippen LogP contribution < -0.4 is 31.9 Å². The fourth-order valence-corrected chi connectivity index (χ4v) is 12.5. The molecule has 1 saturated heterocycles. The molecule has 6 rings (SSSR count). The zero-order valence-electron chi connectivity index (χ0n) is 53.8. The van der Waals surface area contributed by atoms with Crippen LogP contribution in [0.15, 0.2) is 72.1 Å². The van der Waals surface area contributed by atoms with Crippen molar-refractivity contribution in [2.45, 2.75) is 188 Å². The van der Waals surface area contributed by atoms with Gasteiger partial charge in [-0.2, -0.15) is 0 Å². The van der Waals surface area contributed by atoms with Crippen molar-refractivity contribution >= 4 is 64.7 Å². The van der Waals surface area contributed by atoms with Crippen LogP contribution in [0, 0.1) is 29.0 Å². The summed E-state index contributed by atoms with van der Waals surface area (Å²) < 4.78 is 27.7. The van der Waals surface area contributed by atoms with Crippen LogP contribution in [0.5, 0.6) is 0 Å². The van der Waals surface area contributed by atoms with Crippen LogP contribution >= 0.6 is 11.3 Å². The molecule has 7 N–H and O–H groups in total. The van der Waals surface area contributed by atoms with E-state index in [1.54, 1.807) is 13.8 Å². The number of carbonyl (C=O) groups excluding carboxylic acids is 7. The molecule has 0 unspecified atom stereocenters. The normalized spacial score (nSPS) is 16.5. The molecule has 22 heteroatoms. The number of rotatable bonds is 31. The quantitative estimate of drug-likeness (QED) is 0.0232. The molecule has 1 aromatic heterocycles. The fraction of sp³-hybridized carbons (Fsp3) is 0.567.